The fraction of sp³-hybridized carbons (Fsp3) is 0.267. The van der Waals surface area contributed by atoms with E-state index in [1.807, 2.05) is 0 Å². The van der Waals surface area contributed by atoms with Gasteiger partial charge in [0.1, 0.15) is 11.6 Å². The molecule has 0 unspecified atom stereocenters. The van der Waals surface area contributed by atoms with Gasteiger partial charge in [-0.2, -0.15) is 23.1 Å². The van der Waals surface area contributed by atoms with Gasteiger partial charge in [0, 0.05) is 25.0 Å². The fourth-order valence-electron chi connectivity index (χ4n) is 2.44. The van der Waals surface area contributed by atoms with Crippen LogP contribution in [0.25, 0.3) is 0 Å². The lowest BCUT2D eigenvalue weighted by molar-refractivity contribution is -0.137. The summed E-state index contributed by atoms with van der Waals surface area (Å²) in [6.07, 6.45) is -3.97. The van der Waals surface area contributed by atoms with Crippen molar-refractivity contribution in [1.29, 1.82) is 5.41 Å². The number of hydrogen-bond donors (Lipinski definition) is 3. The van der Waals surface area contributed by atoms with Gasteiger partial charge in [-0.25, -0.2) is 0 Å². The maximum atomic E-state index is 12.8. The number of halogens is 4. The van der Waals surface area contributed by atoms with E-state index in [2.05, 4.69) is 15.3 Å². The number of anilines is 3. The molecule has 0 saturated carbocycles. The van der Waals surface area contributed by atoms with E-state index < -0.39 is 17.8 Å². The molecule has 0 atom stereocenters. The van der Waals surface area contributed by atoms with Crippen molar-refractivity contribution in [1.82, 2.24) is 9.97 Å². The van der Waals surface area contributed by atoms with Gasteiger partial charge in [0.25, 0.3) is 0 Å². The fourth-order valence-corrected chi connectivity index (χ4v) is 2.60. The summed E-state index contributed by atoms with van der Waals surface area (Å²) in [4.78, 5) is 9.73. The van der Waals surface area contributed by atoms with Crippen LogP contribution in [0, 0.1) is 5.41 Å². The topological polar surface area (TPSA) is 85.1 Å². The molecular weight excluding hydrogens is 359 g/mol. The van der Waals surface area contributed by atoms with Crippen molar-refractivity contribution < 1.29 is 18.3 Å². The van der Waals surface area contributed by atoms with Crippen molar-refractivity contribution >= 4 is 35.1 Å². The van der Waals surface area contributed by atoms with E-state index in [1.165, 1.54) is 12.1 Å². The molecule has 1 aromatic carbocycles. The summed E-state index contributed by atoms with van der Waals surface area (Å²) in [5, 5.41) is 19.7. The number of rotatable bonds is 4. The number of aliphatic hydroxyl groups is 1. The van der Waals surface area contributed by atoms with E-state index in [4.69, 9.17) is 17.0 Å². The van der Waals surface area contributed by atoms with Crippen molar-refractivity contribution in [3.63, 3.8) is 0 Å². The van der Waals surface area contributed by atoms with Crippen LogP contribution in [0.1, 0.15) is 11.1 Å². The molecule has 1 saturated heterocycles. The second kappa shape index (κ2) is 6.49. The third-order valence-electron chi connectivity index (χ3n) is 3.66. The zero-order valence-corrected chi connectivity index (χ0v) is 13.4. The monoisotopic (exact) mass is 371 g/mol. The van der Waals surface area contributed by atoms with Crippen LogP contribution in [-0.4, -0.2) is 40.5 Å². The minimum atomic E-state index is -4.47. The average molecular weight is 372 g/mol. The third-order valence-corrected chi connectivity index (χ3v) is 3.83. The zero-order valence-electron chi connectivity index (χ0n) is 12.7. The van der Waals surface area contributed by atoms with Crippen LogP contribution < -0.4 is 10.2 Å². The predicted octanol–water partition coefficient (Wildman–Crippen LogP) is 3.07. The minimum Gasteiger partial charge on any atom is -0.389 e. The molecule has 1 aliphatic heterocycles. The third kappa shape index (κ3) is 3.67. The van der Waals surface area contributed by atoms with Gasteiger partial charge in [-0.3, -0.25) is 0 Å². The first-order valence-corrected chi connectivity index (χ1v) is 7.61. The van der Waals surface area contributed by atoms with E-state index in [1.54, 1.807) is 4.90 Å². The number of alkyl halides is 3. The lowest BCUT2D eigenvalue weighted by Gasteiger charge is -2.37. The van der Waals surface area contributed by atoms with Gasteiger partial charge in [-0.05, 0) is 29.8 Å². The van der Waals surface area contributed by atoms with Gasteiger partial charge in [-0.1, -0.05) is 6.07 Å². The molecule has 0 aliphatic carbocycles. The molecule has 1 aromatic heterocycles. The number of aliphatic hydroxyl groups excluding tert-OH is 1. The number of aromatic nitrogens is 2. The molecular formula is C15H13ClF3N5O. The summed E-state index contributed by atoms with van der Waals surface area (Å²) in [5.74, 6) is 0.459. The average Bonchev–Trinajstić information content (AvgIpc) is 2.51. The maximum Gasteiger partial charge on any atom is 0.416 e. The summed E-state index contributed by atoms with van der Waals surface area (Å²) in [5.41, 5.74) is -0.379. The molecule has 0 spiro atoms. The van der Waals surface area contributed by atoms with E-state index in [9.17, 15) is 18.3 Å². The summed E-state index contributed by atoms with van der Waals surface area (Å²) in [7, 11) is 0. The van der Waals surface area contributed by atoms with Gasteiger partial charge in [0.15, 0.2) is 0 Å². The highest BCUT2D eigenvalue weighted by Gasteiger charge is 2.31. The molecule has 1 fully saturated rings. The largest absolute Gasteiger partial charge is 0.416 e. The summed E-state index contributed by atoms with van der Waals surface area (Å²) >= 11 is 5.90. The molecule has 0 radical (unpaired) electrons. The van der Waals surface area contributed by atoms with Crippen LogP contribution in [-0.2, 0) is 6.18 Å². The Bertz CT molecular complexity index is 808. The Morgan fingerprint density at radius 2 is 2.04 bits per heavy atom. The highest BCUT2D eigenvalue weighted by molar-refractivity contribution is 6.28. The maximum absolute atomic E-state index is 12.8. The van der Waals surface area contributed by atoms with Crippen molar-refractivity contribution in [2.75, 3.05) is 23.3 Å². The van der Waals surface area contributed by atoms with Crippen molar-refractivity contribution in [3.8, 4) is 0 Å². The van der Waals surface area contributed by atoms with Gasteiger partial charge >= 0.3 is 6.18 Å². The summed E-state index contributed by atoms with van der Waals surface area (Å²) in [6, 6.07) is 4.62. The van der Waals surface area contributed by atoms with Gasteiger partial charge in [-0.15, -0.1) is 0 Å². The Morgan fingerprint density at radius 3 is 2.64 bits per heavy atom. The second-order valence-corrected chi connectivity index (χ2v) is 5.82. The standard InChI is InChI=1S/C15H13ClF3N5O/c16-14-22-12(11(5-20)13(23-14)24-6-10(25)7-24)21-9-3-1-2-8(4-9)15(17,18)19/h1-5,10,20,25H,6-7H2,(H,21,22,23). The Labute approximate surface area is 145 Å². The first kappa shape index (κ1) is 17.4. The Balaban J connectivity index is 1.96. The highest BCUT2D eigenvalue weighted by atomic mass is 35.5. The molecule has 2 aromatic rings. The number of hydrogen-bond acceptors (Lipinski definition) is 6. The van der Waals surface area contributed by atoms with Gasteiger partial charge in [0.05, 0.1) is 17.2 Å². The normalized spacial score (nSPS) is 15.0. The molecule has 6 nitrogen and oxygen atoms in total. The first-order valence-electron chi connectivity index (χ1n) is 7.23. The Morgan fingerprint density at radius 1 is 1.32 bits per heavy atom. The van der Waals surface area contributed by atoms with Crippen LogP contribution in [0.15, 0.2) is 24.3 Å². The number of nitrogens with one attached hydrogen (secondary N) is 2. The molecule has 25 heavy (non-hydrogen) atoms. The molecule has 3 N–H and O–H groups in total. The van der Waals surface area contributed by atoms with Crippen molar-refractivity contribution in [3.05, 3.63) is 40.7 Å². The van der Waals surface area contributed by atoms with E-state index in [0.29, 0.717) is 18.9 Å². The molecule has 2 heterocycles. The van der Waals surface area contributed by atoms with E-state index in [0.717, 1.165) is 18.3 Å². The van der Waals surface area contributed by atoms with Gasteiger partial charge < -0.3 is 20.7 Å². The van der Waals surface area contributed by atoms with Gasteiger partial charge in [0.2, 0.25) is 5.28 Å². The van der Waals surface area contributed by atoms with Crippen molar-refractivity contribution in [2.45, 2.75) is 12.3 Å². The molecule has 3 rings (SSSR count). The predicted molar refractivity (Wildman–Crippen MR) is 87.9 cm³/mol. The molecule has 0 amide bonds. The lowest BCUT2D eigenvalue weighted by Crippen LogP contribution is -2.51. The van der Waals surface area contributed by atoms with Crippen LogP contribution >= 0.6 is 11.6 Å². The van der Waals surface area contributed by atoms with Crippen LogP contribution in [0.3, 0.4) is 0 Å². The number of nitrogens with zero attached hydrogens (tertiary/aromatic N) is 3. The number of benzene rings is 1. The molecule has 10 heteroatoms. The van der Waals surface area contributed by atoms with Crippen LogP contribution in [0.4, 0.5) is 30.5 Å². The number of β-amino-alcohol motifs (C(OH)–C–C–N with tert-alkyl or cyclic N) is 1. The molecule has 132 valence electrons. The van der Waals surface area contributed by atoms with E-state index >= 15 is 0 Å². The van der Waals surface area contributed by atoms with E-state index in [-0.39, 0.29) is 22.4 Å². The molecule has 0 bridgehead atoms. The lowest BCUT2D eigenvalue weighted by atomic mass is 10.1. The second-order valence-electron chi connectivity index (χ2n) is 5.49. The smallest absolute Gasteiger partial charge is 0.389 e. The van der Waals surface area contributed by atoms with Crippen molar-refractivity contribution in [2.24, 2.45) is 0 Å². The van der Waals surface area contributed by atoms with Crippen LogP contribution in [0.2, 0.25) is 5.28 Å². The summed E-state index contributed by atoms with van der Waals surface area (Å²) < 4.78 is 38.5. The van der Waals surface area contributed by atoms with Crippen LogP contribution in [0.5, 0.6) is 0 Å². The zero-order chi connectivity index (χ0) is 18.2. The highest BCUT2D eigenvalue weighted by Crippen LogP contribution is 2.33. The molecule has 1 aliphatic rings. The summed E-state index contributed by atoms with van der Waals surface area (Å²) in [6.45, 7) is 0.661. The SMILES string of the molecule is N=Cc1c(Nc2cccc(C(F)(F)F)c2)nc(Cl)nc1N1CC(O)C1. The quantitative estimate of drug-likeness (QED) is 0.568. The minimum absolute atomic E-state index is 0.114. The Hall–Kier alpha value is -2.39. The Kier molecular flexibility index (Phi) is 4.53. The first-order chi connectivity index (χ1) is 11.8.